The third-order valence-electron chi connectivity index (χ3n) is 3.30. The van der Waals surface area contributed by atoms with Gasteiger partial charge in [0.1, 0.15) is 5.75 Å². The van der Waals surface area contributed by atoms with Crippen LogP contribution in [-0.2, 0) is 0 Å². The number of ether oxygens (including phenoxy) is 1. The maximum Gasteiger partial charge on any atom is 0.118 e. The van der Waals surface area contributed by atoms with Crippen LogP contribution in [0.1, 0.15) is 31.2 Å². The molecule has 1 aliphatic rings. The summed E-state index contributed by atoms with van der Waals surface area (Å²) in [6.07, 6.45) is 2.56. The van der Waals surface area contributed by atoms with E-state index in [0.29, 0.717) is 0 Å². The van der Waals surface area contributed by atoms with Gasteiger partial charge in [-0.15, -0.1) is 0 Å². The van der Waals surface area contributed by atoms with Gasteiger partial charge < -0.3 is 10.1 Å². The fraction of sp³-hybridized carbons (Fsp3) is 0.571. The monoisotopic (exact) mass is 219 g/mol. The normalized spacial score (nSPS) is 23.1. The number of benzene rings is 1. The highest BCUT2D eigenvalue weighted by Gasteiger charge is 2.37. The van der Waals surface area contributed by atoms with Crippen molar-refractivity contribution in [3.8, 4) is 5.75 Å². The zero-order valence-electron chi connectivity index (χ0n) is 10.2. The Morgan fingerprint density at radius 2 is 2.06 bits per heavy atom. The first-order valence-corrected chi connectivity index (χ1v) is 6.19. The van der Waals surface area contributed by atoms with Gasteiger partial charge in [0.2, 0.25) is 0 Å². The van der Waals surface area contributed by atoms with Crippen LogP contribution in [0.5, 0.6) is 5.75 Å². The molecule has 0 bridgehead atoms. The molecule has 0 radical (unpaired) electrons. The van der Waals surface area contributed by atoms with Crippen LogP contribution in [0, 0.1) is 5.92 Å². The molecule has 2 atom stereocenters. The van der Waals surface area contributed by atoms with E-state index in [1.54, 1.807) is 7.11 Å². The van der Waals surface area contributed by atoms with Crippen molar-refractivity contribution in [1.29, 1.82) is 0 Å². The van der Waals surface area contributed by atoms with Crippen LogP contribution < -0.4 is 10.1 Å². The second-order valence-corrected chi connectivity index (χ2v) is 4.58. The molecule has 1 fully saturated rings. The van der Waals surface area contributed by atoms with E-state index in [1.807, 2.05) is 0 Å². The van der Waals surface area contributed by atoms with Crippen molar-refractivity contribution in [1.82, 2.24) is 5.32 Å². The number of hydrogen-bond acceptors (Lipinski definition) is 2. The van der Waals surface area contributed by atoms with E-state index in [4.69, 9.17) is 4.74 Å². The molecule has 1 aliphatic carbocycles. The second-order valence-electron chi connectivity index (χ2n) is 4.58. The Labute approximate surface area is 98.0 Å². The van der Waals surface area contributed by atoms with E-state index < -0.39 is 0 Å². The van der Waals surface area contributed by atoms with Crippen LogP contribution in [-0.4, -0.2) is 20.2 Å². The quantitative estimate of drug-likeness (QED) is 0.743. The molecule has 0 amide bonds. The summed E-state index contributed by atoms with van der Waals surface area (Å²) in [5.74, 6) is 2.57. The first kappa shape index (κ1) is 11.5. The van der Waals surface area contributed by atoms with Gasteiger partial charge in [-0.2, -0.15) is 0 Å². The Morgan fingerprint density at radius 3 is 2.69 bits per heavy atom. The molecule has 2 nitrogen and oxygen atoms in total. The molecule has 1 saturated carbocycles. The third-order valence-corrected chi connectivity index (χ3v) is 3.30. The highest BCUT2D eigenvalue weighted by molar-refractivity contribution is 5.32. The molecule has 0 aliphatic heterocycles. The molecule has 88 valence electrons. The molecule has 2 rings (SSSR count). The van der Waals surface area contributed by atoms with Crippen molar-refractivity contribution in [2.75, 3.05) is 20.2 Å². The lowest BCUT2D eigenvalue weighted by atomic mass is 10.1. The highest BCUT2D eigenvalue weighted by Crippen LogP contribution is 2.47. The Morgan fingerprint density at radius 1 is 1.31 bits per heavy atom. The zero-order chi connectivity index (χ0) is 11.4. The van der Waals surface area contributed by atoms with Gasteiger partial charge in [-0.25, -0.2) is 0 Å². The van der Waals surface area contributed by atoms with E-state index >= 15 is 0 Å². The summed E-state index contributed by atoms with van der Waals surface area (Å²) in [5, 5.41) is 3.49. The van der Waals surface area contributed by atoms with Gasteiger partial charge in [0.05, 0.1) is 7.11 Å². The van der Waals surface area contributed by atoms with Crippen molar-refractivity contribution in [2.24, 2.45) is 5.92 Å². The first-order chi connectivity index (χ1) is 7.85. The predicted octanol–water partition coefficient (Wildman–Crippen LogP) is 2.80. The molecule has 0 spiro atoms. The lowest BCUT2D eigenvalue weighted by Gasteiger charge is -2.04. The summed E-state index contributed by atoms with van der Waals surface area (Å²) < 4.78 is 5.16. The summed E-state index contributed by atoms with van der Waals surface area (Å²) in [5.41, 5.74) is 1.46. The van der Waals surface area contributed by atoms with Gasteiger partial charge in [-0.05, 0) is 55.5 Å². The summed E-state index contributed by atoms with van der Waals surface area (Å²) in [6, 6.07) is 8.51. The molecule has 1 aromatic rings. The van der Waals surface area contributed by atoms with Crippen LogP contribution >= 0.6 is 0 Å². The maximum atomic E-state index is 5.16. The average molecular weight is 219 g/mol. The average Bonchev–Trinajstić information content (AvgIpc) is 3.09. The number of nitrogens with one attached hydrogen (secondary N) is 1. The minimum Gasteiger partial charge on any atom is -0.497 e. The minimum atomic E-state index is 0.773. The number of rotatable bonds is 6. The Kier molecular flexibility index (Phi) is 3.83. The van der Waals surface area contributed by atoms with Crippen molar-refractivity contribution in [3.05, 3.63) is 29.8 Å². The molecule has 0 heterocycles. The topological polar surface area (TPSA) is 21.3 Å². The predicted molar refractivity (Wildman–Crippen MR) is 67.0 cm³/mol. The van der Waals surface area contributed by atoms with Crippen LogP contribution in [0.15, 0.2) is 24.3 Å². The summed E-state index contributed by atoms with van der Waals surface area (Å²) in [4.78, 5) is 0. The molecule has 0 aromatic heterocycles. The molecule has 1 N–H and O–H groups in total. The SMILES string of the molecule is CCCNCC1CC1c1ccc(OC)cc1. The summed E-state index contributed by atoms with van der Waals surface area (Å²) >= 11 is 0. The van der Waals surface area contributed by atoms with Gasteiger partial charge in [-0.3, -0.25) is 0 Å². The fourth-order valence-corrected chi connectivity index (χ4v) is 2.20. The van der Waals surface area contributed by atoms with Gasteiger partial charge >= 0.3 is 0 Å². The first-order valence-electron chi connectivity index (χ1n) is 6.19. The van der Waals surface area contributed by atoms with E-state index in [2.05, 4.69) is 36.5 Å². The largest absolute Gasteiger partial charge is 0.497 e. The third kappa shape index (κ3) is 2.76. The highest BCUT2D eigenvalue weighted by atomic mass is 16.5. The van der Waals surface area contributed by atoms with E-state index in [1.165, 1.54) is 24.9 Å². The molecule has 2 heteroatoms. The van der Waals surface area contributed by atoms with E-state index in [-0.39, 0.29) is 0 Å². The fourth-order valence-electron chi connectivity index (χ4n) is 2.20. The Bertz CT molecular complexity index is 320. The van der Waals surface area contributed by atoms with E-state index in [0.717, 1.165) is 24.1 Å². The van der Waals surface area contributed by atoms with Crippen LogP contribution in [0.3, 0.4) is 0 Å². The minimum absolute atomic E-state index is 0.773. The van der Waals surface area contributed by atoms with Crippen LogP contribution in [0.4, 0.5) is 0 Å². The zero-order valence-corrected chi connectivity index (χ0v) is 10.2. The molecule has 0 saturated heterocycles. The Balaban J connectivity index is 1.81. The lowest BCUT2D eigenvalue weighted by Crippen LogP contribution is -2.17. The van der Waals surface area contributed by atoms with Crippen molar-refractivity contribution in [3.63, 3.8) is 0 Å². The van der Waals surface area contributed by atoms with Crippen molar-refractivity contribution >= 4 is 0 Å². The molecular weight excluding hydrogens is 198 g/mol. The summed E-state index contributed by atoms with van der Waals surface area (Å²) in [6.45, 7) is 4.53. The Hall–Kier alpha value is -1.02. The summed E-state index contributed by atoms with van der Waals surface area (Å²) in [7, 11) is 1.71. The van der Waals surface area contributed by atoms with Gasteiger partial charge in [-0.1, -0.05) is 19.1 Å². The smallest absolute Gasteiger partial charge is 0.118 e. The van der Waals surface area contributed by atoms with Crippen LogP contribution in [0.2, 0.25) is 0 Å². The molecule has 2 unspecified atom stereocenters. The van der Waals surface area contributed by atoms with Crippen LogP contribution in [0.25, 0.3) is 0 Å². The maximum absolute atomic E-state index is 5.16. The van der Waals surface area contributed by atoms with Gasteiger partial charge in [0.25, 0.3) is 0 Å². The standard InChI is InChI=1S/C14H21NO/c1-3-8-15-10-12-9-14(12)11-4-6-13(16-2)7-5-11/h4-7,12,14-15H,3,8-10H2,1-2H3. The second kappa shape index (κ2) is 5.35. The van der Waals surface area contributed by atoms with E-state index in [9.17, 15) is 0 Å². The lowest BCUT2D eigenvalue weighted by molar-refractivity contribution is 0.414. The van der Waals surface area contributed by atoms with Gasteiger partial charge in [0.15, 0.2) is 0 Å². The number of methoxy groups -OCH3 is 1. The van der Waals surface area contributed by atoms with Crippen molar-refractivity contribution < 1.29 is 4.74 Å². The molecule has 1 aromatic carbocycles. The van der Waals surface area contributed by atoms with Gasteiger partial charge in [0, 0.05) is 0 Å². The molecule has 16 heavy (non-hydrogen) atoms. The number of hydrogen-bond donors (Lipinski definition) is 1. The molecular formula is C14H21NO. The van der Waals surface area contributed by atoms with Crippen molar-refractivity contribution in [2.45, 2.75) is 25.7 Å².